The molecule has 35 heavy (non-hydrogen) atoms. The molecule has 1 saturated heterocycles. The van der Waals surface area contributed by atoms with Crippen molar-refractivity contribution in [2.75, 3.05) is 38.0 Å². The minimum absolute atomic E-state index is 0.494. The Labute approximate surface area is 203 Å². The predicted octanol–water partition coefficient (Wildman–Crippen LogP) is 4.53. The number of nitrogens with one attached hydrogen (secondary N) is 2. The lowest BCUT2D eigenvalue weighted by Gasteiger charge is -2.22. The number of methoxy groups -OCH3 is 1. The zero-order valence-corrected chi connectivity index (χ0v) is 19.5. The lowest BCUT2D eigenvalue weighted by molar-refractivity contribution is 0.0493. The van der Waals surface area contributed by atoms with Crippen LogP contribution in [-0.2, 0) is 4.74 Å². The zero-order chi connectivity index (χ0) is 24.2. The fourth-order valence-electron chi connectivity index (χ4n) is 4.14. The average Bonchev–Trinajstić information content (AvgIpc) is 3.37. The fraction of sp³-hybridized carbons (Fsp3) is 0.269. The van der Waals surface area contributed by atoms with Gasteiger partial charge < -0.3 is 35.1 Å². The maximum absolute atomic E-state index is 7.47. The van der Waals surface area contributed by atoms with Gasteiger partial charge in [0.15, 0.2) is 23.0 Å². The average molecular weight is 473 g/mol. The van der Waals surface area contributed by atoms with Crippen LogP contribution in [0.4, 0.5) is 17.2 Å². The van der Waals surface area contributed by atoms with E-state index in [2.05, 4.69) is 10.3 Å². The Hall–Kier alpha value is -4.11. The van der Waals surface area contributed by atoms with Gasteiger partial charge in [-0.15, -0.1) is 0 Å². The highest BCUT2D eigenvalue weighted by molar-refractivity contribution is 5.87. The van der Waals surface area contributed by atoms with Crippen molar-refractivity contribution in [3.05, 3.63) is 60.6 Å². The highest BCUT2D eigenvalue weighted by atomic mass is 16.5. The molecule has 4 N–H and O–H groups in total. The summed E-state index contributed by atoms with van der Waals surface area (Å²) in [6.07, 6.45) is 8.77. The Bertz CT molecular complexity index is 1350. The number of nitrogen functional groups attached to an aromatic ring is 1. The van der Waals surface area contributed by atoms with Crippen LogP contribution in [0.15, 0.2) is 55.0 Å². The van der Waals surface area contributed by atoms with E-state index in [1.807, 2.05) is 53.2 Å². The summed E-state index contributed by atoms with van der Waals surface area (Å²) >= 11 is 0. The molecule has 2 aromatic carbocycles. The summed E-state index contributed by atoms with van der Waals surface area (Å²) in [6.45, 7) is 2.23. The number of nitrogens with zero attached hydrogens (tertiary/aromatic N) is 3. The number of ether oxygens (including phenoxy) is 3. The Morgan fingerprint density at radius 2 is 2.06 bits per heavy atom. The molecule has 2 aromatic heterocycles. The lowest BCUT2D eigenvalue weighted by atomic mass is 10.0. The van der Waals surface area contributed by atoms with Crippen molar-refractivity contribution >= 4 is 29.1 Å². The van der Waals surface area contributed by atoms with E-state index in [0.29, 0.717) is 46.7 Å². The first-order valence-electron chi connectivity index (χ1n) is 11.5. The molecule has 0 bridgehead atoms. The van der Waals surface area contributed by atoms with Crippen LogP contribution in [0.25, 0.3) is 16.9 Å². The second-order valence-corrected chi connectivity index (χ2v) is 8.48. The number of nitrogens with two attached hydrogens (primary N) is 1. The van der Waals surface area contributed by atoms with E-state index in [4.69, 9.17) is 30.3 Å². The molecule has 3 heterocycles. The molecule has 1 aliphatic rings. The highest BCUT2D eigenvalue weighted by Gasteiger charge is 2.16. The summed E-state index contributed by atoms with van der Waals surface area (Å²) < 4.78 is 19.0. The molecule has 1 aliphatic heterocycles. The number of benzene rings is 2. The molecule has 9 nitrogen and oxygen atoms in total. The molecule has 0 spiro atoms. The van der Waals surface area contributed by atoms with Gasteiger partial charge in [-0.25, -0.2) is 9.97 Å². The maximum Gasteiger partial charge on any atom is 0.180 e. The van der Waals surface area contributed by atoms with Crippen LogP contribution in [0.1, 0.15) is 18.4 Å². The highest BCUT2D eigenvalue weighted by Crippen LogP contribution is 2.33. The molecule has 180 valence electrons. The molecule has 0 saturated carbocycles. The summed E-state index contributed by atoms with van der Waals surface area (Å²) in [5.74, 6) is 2.45. The minimum atomic E-state index is 0.494. The van der Waals surface area contributed by atoms with Crippen LogP contribution in [0.5, 0.6) is 11.5 Å². The number of anilines is 3. The normalized spacial score (nSPS) is 14.1. The Morgan fingerprint density at radius 1 is 1.20 bits per heavy atom. The first-order valence-corrected chi connectivity index (χ1v) is 11.5. The van der Waals surface area contributed by atoms with Crippen molar-refractivity contribution in [2.45, 2.75) is 12.8 Å². The standard InChI is InChI=1S/C26H28N6O3/c1-33-24-13-20(4-5-23(24)35-16-17-6-10-34-11-7-17)30-25-26-29-8-9-32(26)15-22(31-25)18-2-3-19(14-27)21(28)12-18/h2-5,8-9,12-15,17,27H,6-7,10-11,16,28H2,1H3,(H,30,31). The van der Waals surface area contributed by atoms with E-state index in [9.17, 15) is 0 Å². The molecular formula is C26H28N6O3. The Kier molecular flexibility index (Phi) is 6.49. The topological polar surface area (TPSA) is 120 Å². The van der Waals surface area contributed by atoms with Gasteiger partial charge in [0.05, 0.1) is 19.4 Å². The zero-order valence-electron chi connectivity index (χ0n) is 19.5. The molecule has 0 unspecified atom stereocenters. The summed E-state index contributed by atoms with van der Waals surface area (Å²) in [5.41, 5.74) is 10.4. The number of aromatic nitrogens is 3. The first-order chi connectivity index (χ1) is 17.1. The second kappa shape index (κ2) is 10.0. The molecule has 4 aromatic rings. The van der Waals surface area contributed by atoms with Crippen LogP contribution >= 0.6 is 0 Å². The van der Waals surface area contributed by atoms with Crippen LogP contribution in [0.2, 0.25) is 0 Å². The SMILES string of the molecule is COc1cc(Nc2nc(-c3ccc(C=N)c(N)c3)cn3ccnc23)ccc1OCC1CCOCC1. The van der Waals surface area contributed by atoms with Crippen molar-refractivity contribution in [1.82, 2.24) is 14.4 Å². The molecule has 0 aliphatic carbocycles. The quantitative estimate of drug-likeness (QED) is 0.254. The van der Waals surface area contributed by atoms with Crippen LogP contribution in [0, 0.1) is 11.3 Å². The van der Waals surface area contributed by atoms with Crippen molar-refractivity contribution in [3.63, 3.8) is 0 Å². The van der Waals surface area contributed by atoms with Gasteiger partial charge in [-0.05, 0) is 37.0 Å². The molecule has 9 heteroatoms. The van der Waals surface area contributed by atoms with E-state index in [-0.39, 0.29) is 0 Å². The number of rotatable bonds is 8. The number of hydrogen-bond donors (Lipinski definition) is 3. The summed E-state index contributed by atoms with van der Waals surface area (Å²) in [5, 5.41) is 10.8. The van der Waals surface area contributed by atoms with Crippen LogP contribution in [0.3, 0.4) is 0 Å². The monoisotopic (exact) mass is 472 g/mol. The molecule has 0 amide bonds. The van der Waals surface area contributed by atoms with Crippen molar-refractivity contribution in [2.24, 2.45) is 5.92 Å². The molecular weight excluding hydrogens is 444 g/mol. The first kappa shape index (κ1) is 22.7. The number of imidazole rings is 1. The van der Waals surface area contributed by atoms with Gasteiger partial charge in [0, 0.05) is 66.6 Å². The number of fused-ring (bicyclic) bond motifs is 1. The lowest BCUT2D eigenvalue weighted by Crippen LogP contribution is -2.21. The molecule has 0 radical (unpaired) electrons. The third-order valence-corrected chi connectivity index (χ3v) is 6.15. The fourth-order valence-corrected chi connectivity index (χ4v) is 4.14. The third-order valence-electron chi connectivity index (χ3n) is 6.15. The Balaban J connectivity index is 1.41. The van der Waals surface area contributed by atoms with Gasteiger partial charge in [-0.3, -0.25) is 0 Å². The smallest absolute Gasteiger partial charge is 0.180 e. The van der Waals surface area contributed by atoms with Gasteiger partial charge in [0.2, 0.25) is 0 Å². The molecule has 0 atom stereocenters. The van der Waals surface area contributed by atoms with E-state index in [1.54, 1.807) is 13.3 Å². The van der Waals surface area contributed by atoms with E-state index < -0.39 is 0 Å². The largest absolute Gasteiger partial charge is 0.493 e. The summed E-state index contributed by atoms with van der Waals surface area (Å²) in [6, 6.07) is 11.3. The van der Waals surface area contributed by atoms with Crippen molar-refractivity contribution < 1.29 is 14.2 Å². The van der Waals surface area contributed by atoms with E-state index in [1.165, 1.54) is 6.21 Å². The molecule has 5 rings (SSSR count). The van der Waals surface area contributed by atoms with Gasteiger partial charge in [0.25, 0.3) is 0 Å². The predicted molar refractivity (Wildman–Crippen MR) is 136 cm³/mol. The van der Waals surface area contributed by atoms with Gasteiger partial charge in [-0.1, -0.05) is 12.1 Å². The van der Waals surface area contributed by atoms with Gasteiger partial charge in [-0.2, -0.15) is 0 Å². The Morgan fingerprint density at radius 3 is 2.83 bits per heavy atom. The van der Waals surface area contributed by atoms with Crippen LogP contribution < -0.4 is 20.5 Å². The number of hydrogen-bond acceptors (Lipinski definition) is 8. The van der Waals surface area contributed by atoms with Gasteiger partial charge >= 0.3 is 0 Å². The van der Waals surface area contributed by atoms with Crippen molar-refractivity contribution in [3.8, 4) is 22.8 Å². The third kappa shape index (κ3) is 4.90. The summed E-state index contributed by atoms with van der Waals surface area (Å²) in [4.78, 5) is 9.27. The van der Waals surface area contributed by atoms with E-state index in [0.717, 1.165) is 43.0 Å². The minimum Gasteiger partial charge on any atom is -0.493 e. The van der Waals surface area contributed by atoms with Crippen LogP contribution in [-0.4, -0.2) is 47.5 Å². The summed E-state index contributed by atoms with van der Waals surface area (Å²) in [7, 11) is 1.63. The van der Waals surface area contributed by atoms with Crippen molar-refractivity contribution in [1.29, 1.82) is 5.41 Å². The van der Waals surface area contributed by atoms with E-state index >= 15 is 0 Å². The second-order valence-electron chi connectivity index (χ2n) is 8.48. The van der Waals surface area contributed by atoms with Gasteiger partial charge in [0.1, 0.15) is 0 Å². The maximum atomic E-state index is 7.47. The molecule has 1 fully saturated rings.